The van der Waals surface area contributed by atoms with Gasteiger partial charge < -0.3 is 14.5 Å². The number of aromatic nitrogens is 1. The van der Waals surface area contributed by atoms with Crippen LogP contribution in [0, 0.1) is 0 Å². The summed E-state index contributed by atoms with van der Waals surface area (Å²) in [6.07, 6.45) is 0.556. The van der Waals surface area contributed by atoms with Crippen molar-refractivity contribution in [3.05, 3.63) is 117 Å². The van der Waals surface area contributed by atoms with Crippen molar-refractivity contribution in [2.75, 3.05) is 5.32 Å². The average molecular weight is 581 g/mol. The van der Waals surface area contributed by atoms with Crippen LogP contribution in [0.25, 0.3) is 22.4 Å². The van der Waals surface area contributed by atoms with Gasteiger partial charge in [0, 0.05) is 33.1 Å². The summed E-state index contributed by atoms with van der Waals surface area (Å²) >= 11 is 3.42. The molecule has 39 heavy (non-hydrogen) atoms. The SMILES string of the molecule is CC1(C)Cc2c(c(-c3ccccc3)nc3oc(C(=O)c4ccc(Br)cc4)c(NC(=O)c4ccccc4)c23)CO1. The first-order valence-electron chi connectivity index (χ1n) is 12.6. The zero-order chi connectivity index (χ0) is 27.1. The van der Waals surface area contributed by atoms with Crippen LogP contribution in [0.3, 0.4) is 0 Å². The van der Waals surface area contributed by atoms with Crippen LogP contribution < -0.4 is 5.32 Å². The maximum atomic E-state index is 13.8. The quantitative estimate of drug-likeness (QED) is 0.216. The Labute approximate surface area is 234 Å². The number of fused-ring (bicyclic) bond motifs is 3. The largest absolute Gasteiger partial charge is 0.432 e. The number of ketones is 1. The molecule has 2 aromatic heterocycles. The van der Waals surface area contributed by atoms with Gasteiger partial charge in [-0.3, -0.25) is 9.59 Å². The van der Waals surface area contributed by atoms with E-state index in [2.05, 4.69) is 21.2 Å². The number of nitrogens with zero attached hydrogens (tertiary/aromatic N) is 1. The van der Waals surface area contributed by atoms with E-state index in [0.29, 0.717) is 40.9 Å². The van der Waals surface area contributed by atoms with Gasteiger partial charge in [-0.1, -0.05) is 64.5 Å². The standard InChI is InChI=1S/C32H25BrN2O4/c1-32(2)17-23-24(18-38-32)26(19-9-5-3-6-10-19)35-31-25(23)27(34-30(37)21-11-7-4-8-12-21)29(39-31)28(36)20-13-15-22(33)16-14-20/h3-16H,17-18H2,1-2H3,(H,34,37). The second-order valence-corrected chi connectivity index (χ2v) is 11.1. The number of pyridine rings is 1. The summed E-state index contributed by atoms with van der Waals surface area (Å²) in [6.45, 7) is 4.41. The maximum absolute atomic E-state index is 13.8. The highest BCUT2D eigenvalue weighted by Gasteiger charge is 2.35. The zero-order valence-electron chi connectivity index (χ0n) is 21.5. The van der Waals surface area contributed by atoms with Gasteiger partial charge in [-0.15, -0.1) is 0 Å². The van der Waals surface area contributed by atoms with E-state index < -0.39 is 5.60 Å². The van der Waals surface area contributed by atoms with Crippen molar-refractivity contribution in [2.45, 2.75) is 32.5 Å². The van der Waals surface area contributed by atoms with Crippen molar-refractivity contribution in [1.29, 1.82) is 0 Å². The van der Waals surface area contributed by atoms with Crippen LogP contribution in [-0.2, 0) is 17.8 Å². The van der Waals surface area contributed by atoms with Crippen molar-refractivity contribution in [3.8, 4) is 11.3 Å². The number of ether oxygens (including phenoxy) is 1. The lowest BCUT2D eigenvalue weighted by atomic mass is 9.87. The minimum absolute atomic E-state index is 0.0424. The summed E-state index contributed by atoms with van der Waals surface area (Å²) in [5.41, 5.74) is 4.62. The Morgan fingerprint density at radius 3 is 2.23 bits per heavy atom. The highest BCUT2D eigenvalue weighted by Crippen LogP contribution is 2.43. The Bertz CT molecular complexity index is 1710. The lowest BCUT2D eigenvalue weighted by Crippen LogP contribution is -2.32. The molecule has 1 aliphatic heterocycles. The van der Waals surface area contributed by atoms with E-state index in [1.54, 1.807) is 48.5 Å². The van der Waals surface area contributed by atoms with Crippen molar-refractivity contribution < 1.29 is 18.7 Å². The zero-order valence-corrected chi connectivity index (χ0v) is 23.0. The summed E-state index contributed by atoms with van der Waals surface area (Å²) in [6, 6.07) is 25.8. The third-order valence-electron chi connectivity index (χ3n) is 6.90. The van der Waals surface area contributed by atoms with Crippen molar-refractivity contribution in [1.82, 2.24) is 4.98 Å². The molecule has 3 heterocycles. The molecule has 0 spiro atoms. The van der Waals surface area contributed by atoms with Gasteiger partial charge in [0.05, 0.1) is 23.3 Å². The molecule has 0 radical (unpaired) electrons. The summed E-state index contributed by atoms with van der Waals surface area (Å²) in [5.74, 6) is -0.638. The van der Waals surface area contributed by atoms with Crippen LogP contribution in [0.1, 0.15) is 51.5 Å². The van der Waals surface area contributed by atoms with Crippen LogP contribution >= 0.6 is 15.9 Å². The number of hydrogen-bond donors (Lipinski definition) is 1. The Morgan fingerprint density at radius 1 is 0.872 bits per heavy atom. The molecule has 3 aromatic carbocycles. The van der Waals surface area contributed by atoms with Gasteiger partial charge in [0.2, 0.25) is 17.3 Å². The number of anilines is 1. The molecule has 0 saturated carbocycles. The fraction of sp³-hybridized carbons (Fsp3) is 0.156. The number of carbonyl (C=O) groups is 2. The molecule has 1 N–H and O–H groups in total. The Morgan fingerprint density at radius 2 is 1.54 bits per heavy atom. The molecule has 1 amide bonds. The lowest BCUT2D eigenvalue weighted by Gasteiger charge is -2.33. The molecular weight excluding hydrogens is 556 g/mol. The lowest BCUT2D eigenvalue weighted by molar-refractivity contribution is -0.0395. The predicted molar refractivity (Wildman–Crippen MR) is 154 cm³/mol. The van der Waals surface area contributed by atoms with E-state index in [4.69, 9.17) is 14.1 Å². The molecule has 0 unspecified atom stereocenters. The van der Waals surface area contributed by atoms with Gasteiger partial charge in [-0.2, -0.15) is 0 Å². The molecule has 0 fully saturated rings. The number of amides is 1. The van der Waals surface area contributed by atoms with E-state index in [0.717, 1.165) is 26.9 Å². The topological polar surface area (TPSA) is 81.4 Å². The molecule has 6 nitrogen and oxygen atoms in total. The predicted octanol–water partition coefficient (Wildman–Crippen LogP) is 7.59. The van der Waals surface area contributed by atoms with E-state index in [9.17, 15) is 9.59 Å². The van der Waals surface area contributed by atoms with Gasteiger partial charge >= 0.3 is 0 Å². The average Bonchev–Trinajstić information content (AvgIpc) is 3.31. The second-order valence-electron chi connectivity index (χ2n) is 10.2. The van der Waals surface area contributed by atoms with Gasteiger partial charge in [-0.05, 0) is 55.8 Å². The van der Waals surface area contributed by atoms with E-state index >= 15 is 0 Å². The molecule has 0 atom stereocenters. The monoisotopic (exact) mass is 580 g/mol. The van der Waals surface area contributed by atoms with E-state index in [1.807, 2.05) is 50.2 Å². The molecule has 5 aromatic rings. The third kappa shape index (κ3) is 4.80. The molecule has 0 bridgehead atoms. The highest BCUT2D eigenvalue weighted by molar-refractivity contribution is 9.10. The molecular formula is C32H25BrN2O4. The molecule has 0 aliphatic carbocycles. The molecule has 194 valence electrons. The van der Waals surface area contributed by atoms with Crippen molar-refractivity contribution in [3.63, 3.8) is 0 Å². The highest BCUT2D eigenvalue weighted by atomic mass is 79.9. The van der Waals surface area contributed by atoms with Crippen molar-refractivity contribution >= 4 is 44.4 Å². The van der Waals surface area contributed by atoms with Crippen LogP contribution in [0.5, 0.6) is 0 Å². The minimum atomic E-state index is -0.455. The van der Waals surface area contributed by atoms with Gasteiger partial charge in [0.1, 0.15) is 5.69 Å². The number of carbonyl (C=O) groups excluding carboxylic acids is 2. The fourth-order valence-electron chi connectivity index (χ4n) is 4.96. The van der Waals surface area contributed by atoms with Gasteiger partial charge in [0.25, 0.3) is 5.91 Å². The van der Waals surface area contributed by atoms with Crippen molar-refractivity contribution in [2.24, 2.45) is 0 Å². The number of halogens is 1. The first-order valence-corrected chi connectivity index (χ1v) is 13.4. The van der Waals surface area contributed by atoms with Crippen LogP contribution in [0.4, 0.5) is 5.69 Å². The van der Waals surface area contributed by atoms with Crippen LogP contribution in [0.15, 0.2) is 93.8 Å². The first-order chi connectivity index (χ1) is 18.8. The fourth-order valence-corrected chi connectivity index (χ4v) is 5.22. The van der Waals surface area contributed by atoms with Crippen LogP contribution in [0.2, 0.25) is 0 Å². The van der Waals surface area contributed by atoms with E-state index in [1.165, 1.54) is 0 Å². The number of nitrogens with one attached hydrogen (secondary N) is 1. The smallest absolute Gasteiger partial charge is 0.255 e. The third-order valence-corrected chi connectivity index (χ3v) is 7.43. The van der Waals surface area contributed by atoms with Gasteiger partial charge in [0.15, 0.2) is 0 Å². The number of rotatable bonds is 5. The molecule has 1 aliphatic rings. The maximum Gasteiger partial charge on any atom is 0.255 e. The minimum Gasteiger partial charge on any atom is -0.432 e. The summed E-state index contributed by atoms with van der Waals surface area (Å²) < 4.78 is 13.3. The van der Waals surface area contributed by atoms with Gasteiger partial charge in [-0.25, -0.2) is 4.98 Å². The Balaban J connectivity index is 1.61. The number of hydrogen-bond acceptors (Lipinski definition) is 5. The Kier molecular flexibility index (Phi) is 6.41. The summed E-state index contributed by atoms with van der Waals surface area (Å²) in [5, 5.41) is 3.64. The number of benzene rings is 3. The van der Waals surface area contributed by atoms with Crippen LogP contribution in [-0.4, -0.2) is 22.3 Å². The van der Waals surface area contributed by atoms with E-state index in [-0.39, 0.29) is 17.5 Å². The normalized spacial score (nSPS) is 14.1. The summed E-state index contributed by atoms with van der Waals surface area (Å²) in [4.78, 5) is 32.1. The summed E-state index contributed by atoms with van der Waals surface area (Å²) in [7, 11) is 0. The first kappa shape index (κ1) is 25.2. The molecule has 7 heteroatoms. The molecule has 0 saturated heterocycles. The molecule has 6 rings (SSSR count). The second kappa shape index (κ2) is 9.91. The number of furan rings is 1. The Hall–Kier alpha value is -4.07.